The van der Waals surface area contributed by atoms with Gasteiger partial charge in [-0.25, -0.2) is 5.01 Å². The average Bonchev–Trinajstić information content (AvgIpc) is 2.90. The van der Waals surface area contributed by atoms with Crippen LogP contribution in [0.4, 0.5) is 5.69 Å². The second kappa shape index (κ2) is 4.98. The molecule has 3 rings (SSSR count). The highest BCUT2D eigenvalue weighted by Crippen LogP contribution is 2.23. The molecule has 0 saturated carbocycles. The van der Waals surface area contributed by atoms with Gasteiger partial charge in [0.2, 0.25) is 0 Å². The van der Waals surface area contributed by atoms with E-state index >= 15 is 0 Å². The lowest BCUT2D eigenvalue weighted by molar-refractivity contribution is -0.116. The monoisotopic (exact) mass is 261 g/mol. The van der Waals surface area contributed by atoms with Gasteiger partial charge in [-0.05, 0) is 29.8 Å². The first-order valence-corrected chi connectivity index (χ1v) is 6.24. The molecule has 0 spiro atoms. The molecule has 2 aromatic carbocycles. The number of rotatable bonds is 2. The normalized spacial score (nSPS) is 14.1. The Balaban J connectivity index is 1.92. The third-order valence-corrected chi connectivity index (χ3v) is 3.12. The zero-order valence-corrected chi connectivity index (χ0v) is 10.7. The predicted molar refractivity (Wildman–Crippen MR) is 76.2 cm³/mol. The molecule has 1 aliphatic heterocycles. The molecular weight excluding hydrogens is 250 g/mol. The molecule has 0 N–H and O–H groups in total. The SMILES string of the molecule is N#Cc1ccc(N2N=C(c3ccccc3)CC2=O)cc1. The highest BCUT2D eigenvalue weighted by Gasteiger charge is 2.25. The topological polar surface area (TPSA) is 56.5 Å². The Morgan fingerprint density at radius 1 is 1.05 bits per heavy atom. The molecule has 4 heteroatoms. The van der Waals surface area contributed by atoms with Crippen LogP contribution in [-0.2, 0) is 4.79 Å². The van der Waals surface area contributed by atoms with Crippen molar-refractivity contribution in [3.05, 3.63) is 65.7 Å². The van der Waals surface area contributed by atoms with Crippen LogP contribution in [0, 0.1) is 11.3 Å². The first-order chi connectivity index (χ1) is 9.78. The van der Waals surface area contributed by atoms with Crippen LogP contribution < -0.4 is 5.01 Å². The molecule has 0 aliphatic carbocycles. The number of carbonyl (C=O) groups is 1. The van der Waals surface area contributed by atoms with Crippen LogP contribution in [0.15, 0.2) is 59.7 Å². The molecule has 1 aliphatic rings. The lowest BCUT2D eigenvalue weighted by Crippen LogP contribution is -2.19. The van der Waals surface area contributed by atoms with Gasteiger partial charge in [-0.2, -0.15) is 10.4 Å². The Morgan fingerprint density at radius 3 is 2.40 bits per heavy atom. The van der Waals surface area contributed by atoms with Crippen molar-refractivity contribution in [2.75, 3.05) is 5.01 Å². The van der Waals surface area contributed by atoms with Crippen molar-refractivity contribution in [3.63, 3.8) is 0 Å². The first-order valence-electron chi connectivity index (χ1n) is 6.24. The third kappa shape index (κ3) is 2.17. The van der Waals surface area contributed by atoms with Crippen LogP contribution >= 0.6 is 0 Å². The summed E-state index contributed by atoms with van der Waals surface area (Å²) in [5.74, 6) is -0.0615. The van der Waals surface area contributed by atoms with Crippen LogP contribution in [0.2, 0.25) is 0 Å². The van der Waals surface area contributed by atoms with E-state index in [1.165, 1.54) is 5.01 Å². The van der Waals surface area contributed by atoms with Crippen LogP contribution in [0.5, 0.6) is 0 Å². The summed E-state index contributed by atoms with van der Waals surface area (Å²) in [7, 11) is 0. The average molecular weight is 261 g/mol. The van der Waals surface area contributed by atoms with Gasteiger partial charge in [-0.3, -0.25) is 4.79 Å². The van der Waals surface area contributed by atoms with E-state index in [2.05, 4.69) is 11.2 Å². The number of nitriles is 1. The minimum Gasteiger partial charge on any atom is -0.272 e. The van der Waals surface area contributed by atoms with Gasteiger partial charge in [0, 0.05) is 0 Å². The molecule has 0 atom stereocenters. The Kier molecular flexibility index (Phi) is 3.02. The van der Waals surface area contributed by atoms with Crippen LogP contribution in [0.1, 0.15) is 17.5 Å². The van der Waals surface area contributed by atoms with E-state index < -0.39 is 0 Å². The maximum atomic E-state index is 12.1. The highest BCUT2D eigenvalue weighted by molar-refractivity contribution is 6.19. The second-order valence-corrected chi connectivity index (χ2v) is 4.45. The highest BCUT2D eigenvalue weighted by atomic mass is 16.2. The number of amides is 1. The Morgan fingerprint density at radius 2 is 1.75 bits per heavy atom. The molecular formula is C16H11N3O. The second-order valence-electron chi connectivity index (χ2n) is 4.45. The van der Waals surface area contributed by atoms with E-state index in [9.17, 15) is 4.79 Å². The van der Waals surface area contributed by atoms with E-state index in [1.54, 1.807) is 24.3 Å². The van der Waals surface area contributed by atoms with E-state index in [0.29, 0.717) is 17.7 Å². The Labute approximate surface area is 116 Å². The van der Waals surface area contributed by atoms with Crippen molar-refractivity contribution < 1.29 is 4.79 Å². The fourth-order valence-electron chi connectivity index (χ4n) is 2.10. The van der Waals surface area contributed by atoms with Gasteiger partial charge >= 0.3 is 0 Å². The van der Waals surface area contributed by atoms with Crippen LogP contribution in [-0.4, -0.2) is 11.6 Å². The number of anilines is 1. The summed E-state index contributed by atoms with van der Waals surface area (Å²) in [6.07, 6.45) is 0.296. The molecule has 20 heavy (non-hydrogen) atoms. The maximum Gasteiger partial charge on any atom is 0.253 e. The molecule has 1 amide bonds. The number of hydrogen-bond acceptors (Lipinski definition) is 3. The van der Waals surface area contributed by atoms with Gasteiger partial charge in [0.05, 0.1) is 29.5 Å². The lowest BCUT2D eigenvalue weighted by atomic mass is 10.1. The van der Waals surface area contributed by atoms with Crippen LogP contribution in [0.3, 0.4) is 0 Å². The third-order valence-electron chi connectivity index (χ3n) is 3.12. The zero-order chi connectivity index (χ0) is 13.9. The minimum absolute atomic E-state index is 0.0615. The summed E-state index contributed by atoms with van der Waals surface area (Å²) >= 11 is 0. The quantitative estimate of drug-likeness (QED) is 0.834. The van der Waals surface area contributed by atoms with Gasteiger partial charge < -0.3 is 0 Å². The Bertz CT molecular complexity index is 712. The van der Waals surface area contributed by atoms with Gasteiger partial charge in [0.15, 0.2) is 0 Å². The molecule has 1 heterocycles. The molecule has 0 fully saturated rings. The fourth-order valence-corrected chi connectivity index (χ4v) is 2.10. The summed E-state index contributed by atoms with van der Waals surface area (Å²) in [5, 5.41) is 14.6. The minimum atomic E-state index is -0.0615. The van der Waals surface area contributed by atoms with Crippen molar-refractivity contribution in [1.82, 2.24) is 0 Å². The van der Waals surface area contributed by atoms with Crippen molar-refractivity contribution in [1.29, 1.82) is 5.26 Å². The van der Waals surface area contributed by atoms with E-state index in [0.717, 1.165) is 11.3 Å². The number of hydrazone groups is 1. The first kappa shape index (κ1) is 12.1. The summed E-state index contributed by atoms with van der Waals surface area (Å²) in [6, 6.07) is 18.5. The molecule has 96 valence electrons. The van der Waals surface area contributed by atoms with Crippen molar-refractivity contribution in [2.45, 2.75) is 6.42 Å². The summed E-state index contributed by atoms with van der Waals surface area (Å²) in [6.45, 7) is 0. The fraction of sp³-hybridized carbons (Fsp3) is 0.0625. The number of nitrogens with zero attached hydrogens (tertiary/aromatic N) is 3. The van der Waals surface area contributed by atoms with E-state index in [1.807, 2.05) is 30.3 Å². The molecule has 0 radical (unpaired) electrons. The largest absolute Gasteiger partial charge is 0.272 e. The smallest absolute Gasteiger partial charge is 0.253 e. The van der Waals surface area contributed by atoms with Crippen molar-refractivity contribution in [2.24, 2.45) is 5.10 Å². The van der Waals surface area contributed by atoms with Gasteiger partial charge in [0.25, 0.3) is 5.91 Å². The lowest BCUT2D eigenvalue weighted by Gasteiger charge is -2.10. The maximum absolute atomic E-state index is 12.1. The van der Waals surface area contributed by atoms with E-state index in [-0.39, 0.29) is 5.91 Å². The number of carbonyl (C=O) groups excluding carboxylic acids is 1. The van der Waals surface area contributed by atoms with Crippen molar-refractivity contribution in [3.8, 4) is 6.07 Å². The zero-order valence-electron chi connectivity index (χ0n) is 10.7. The summed E-state index contributed by atoms with van der Waals surface area (Å²) < 4.78 is 0. The van der Waals surface area contributed by atoms with Gasteiger partial charge in [-0.1, -0.05) is 30.3 Å². The molecule has 0 aromatic heterocycles. The molecule has 0 unspecified atom stereocenters. The summed E-state index contributed by atoms with van der Waals surface area (Å²) in [4.78, 5) is 12.1. The number of benzene rings is 2. The van der Waals surface area contributed by atoms with Crippen LogP contribution in [0.25, 0.3) is 0 Å². The standard InChI is InChI=1S/C16H11N3O/c17-11-12-6-8-14(9-7-12)19-16(20)10-15(18-19)13-4-2-1-3-5-13/h1-9H,10H2. The Hall–Kier alpha value is -2.93. The predicted octanol–water partition coefficient (Wildman–Crippen LogP) is 2.70. The van der Waals surface area contributed by atoms with Gasteiger partial charge in [-0.15, -0.1) is 0 Å². The molecule has 0 bridgehead atoms. The van der Waals surface area contributed by atoms with Gasteiger partial charge in [0.1, 0.15) is 0 Å². The molecule has 2 aromatic rings. The molecule has 4 nitrogen and oxygen atoms in total. The van der Waals surface area contributed by atoms with Crippen molar-refractivity contribution >= 4 is 17.3 Å². The molecule has 0 saturated heterocycles. The number of hydrogen-bond donors (Lipinski definition) is 0. The van der Waals surface area contributed by atoms with E-state index in [4.69, 9.17) is 5.26 Å². The summed E-state index contributed by atoms with van der Waals surface area (Å²) in [5.41, 5.74) is 2.96.